The van der Waals surface area contributed by atoms with Crippen LogP contribution in [-0.2, 0) is 6.54 Å². The Kier molecular flexibility index (Phi) is 3.55. The van der Waals surface area contributed by atoms with Gasteiger partial charge in [0, 0.05) is 19.1 Å². The number of halogens is 2. The molecule has 0 aliphatic carbocycles. The van der Waals surface area contributed by atoms with E-state index in [1.54, 1.807) is 12.1 Å². The average Bonchev–Trinajstić information content (AvgIpc) is 2.83. The normalized spacial score (nSPS) is 28.3. The predicted molar refractivity (Wildman–Crippen MR) is 71.2 cm³/mol. The summed E-state index contributed by atoms with van der Waals surface area (Å²) < 4.78 is 13.4. The van der Waals surface area contributed by atoms with Crippen LogP contribution in [0.1, 0.15) is 18.4 Å². The predicted octanol–water partition coefficient (Wildman–Crippen LogP) is 2.66. The van der Waals surface area contributed by atoms with Crippen LogP contribution in [0.5, 0.6) is 0 Å². The molecule has 1 N–H and O–H groups in total. The fourth-order valence-electron chi connectivity index (χ4n) is 3.23. The van der Waals surface area contributed by atoms with Crippen LogP contribution in [0.3, 0.4) is 0 Å². The molecule has 2 fully saturated rings. The lowest BCUT2D eigenvalue weighted by Gasteiger charge is -2.37. The number of piperidine rings is 1. The maximum atomic E-state index is 13.4. The summed E-state index contributed by atoms with van der Waals surface area (Å²) in [5.74, 6) is 0.461. The number of nitrogens with one attached hydrogen (secondary N) is 1. The third-order valence-corrected chi connectivity index (χ3v) is 4.47. The molecule has 2 saturated heterocycles. The molecule has 98 valence electrons. The fraction of sp³-hybridized carbons (Fsp3) is 0.571. The monoisotopic (exact) mass is 268 g/mol. The standard InChI is InChI=1S/C14H18ClFN2/c15-12-4-3-10(6-13(12)16)9-18-5-1-2-11-7-17-8-14(11)18/h3-4,6,11,14,17H,1-2,5,7-9H2. The highest BCUT2D eigenvalue weighted by Gasteiger charge is 2.34. The zero-order valence-corrected chi connectivity index (χ0v) is 11.1. The molecule has 2 aliphatic heterocycles. The highest BCUT2D eigenvalue weighted by atomic mass is 35.5. The molecule has 3 rings (SSSR count). The topological polar surface area (TPSA) is 15.3 Å². The van der Waals surface area contributed by atoms with Gasteiger partial charge in [-0.05, 0) is 49.5 Å². The molecule has 1 aromatic rings. The van der Waals surface area contributed by atoms with E-state index in [0.29, 0.717) is 6.04 Å². The van der Waals surface area contributed by atoms with Crippen LogP contribution in [0.15, 0.2) is 18.2 Å². The fourth-order valence-corrected chi connectivity index (χ4v) is 3.35. The molecule has 2 heterocycles. The summed E-state index contributed by atoms with van der Waals surface area (Å²) in [6.45, 7) is 4.15. The van der Waals surface area contributed by atoms with Crippen LogP contribution in [0.4, 0.5) is 4.39 Å². The number of hydrogen-bond acceptors (Lipinski definition) is 2. The number of hydrogen-bond donors (Lipinski definition) is 1. The van der Waals surface area contributed by atoms with E-state index in [2.05, 4.69) is 10.2 Å². The van der Waals surface area contributed by atoms with Crippen molar-refractivity contribution in [1.82, 2.24) is 10.2 Å². The quantitative estimate of drug-likeness (QED) is 0.887. The molecule has 2 nitrogen and oxygen atoms in total. The summed E-state index contributed by atoms with van der Waals surface area (Å²) in [6.07, 6.45) is 2.57. The molecule has 2 unspecified atom stereocenters. The van der Waals surface area contributed by atoms with E-state index in [1.165, 1.54) is 12.8 Å². The largest absolute Gasteiger partial charge is 0.315 e. The summed E-state index contributed by atoms with van der Waals surface area (Å²) in [4.78, 5) is 2.48. The van der Waals surface area contributed by atoms with Gasteiger partial charge < -0.3 is 5.32 Å². The van der Waals surface area contributed by atoms with Crippen molar-refractivity contribution in [3.8, 4) is 0 Å². The molecular weight excluding hydrogens is 251 g/mol. The molecule has 18 heavy (non-hydrogen) atoms. The highest BCUT2D eigenvalue weighted by Crippen LogP contribution is 2.28. The lowest BCUT2D eigenvalue weighted by Crippen LogP contribution is -2.44. The molecular formula is C14H18ClFN2. The Morgan fingerprint density at radius 2 is 2.28 bits per heavy atom. The van der Waals surface area contributed by atoms with Gasteiger partial charge in [0.05, 0.1) is 5.02 Å². The molecule has 0 spiro atoms. The molecule has 2 aliphatic rings. The van der Waals surface area contributed by atoms with Crippen molar-refractivity contribution < 1.29 is 4.39 Å². The third-order valence-electron chi connectivity index (χ3n) is 4.16. The van der Waals surface area contributed by atoms with Gasteiger partial charge in [0.1, 0.15) is 5.82 Å². The van der Waals surface area contributed by atoms with Crippen molar-refractivity contribution in [3.05, 3.63) is 34.6 Å². The van der Waals surface area contributed by atoms with Gasteiger partial charge in [0.25, 0.3) is 0 Å². The summed E-state index contributed by atoms with van der Waals surface area (Å²) in [5, 5.41) is 3.67. The van der Waals surface area contributed by atoms with E-state index >= 15 is 0 Å². The summed E-state index contributed by atoms with van der Waals surface area (Å²) in [7, 11) is 0. The second-order valence-corrected chi connectivity index (χ2v) is 5.75. The highest BCUT2D eigenvalue weighted by molar-refractivity contribution is 6.30. The van der Waals surface area contributed by atoms with Gasteiger partial charge in [-0.1, -0.05) is 17.7 Å². The van der Waals surface area contributed by atoms with Gasteiger partial charge in [0.2, 0.25) is 0 Å². The van der Waals surface area contributed by atoms with Gasteiger partial charge in [-0.2, -0.15) is 0 Å². The van der Waals surface area contributed by atoms with Crippen LogP contribution in [0, 0.1) is 11.7 Å². The van der Waals surface area contributed by atoms with Crippen molar-refractivity contribution in [3.63, 3.8) is 0 Å². The second kappa shape index (κ2) is 5.16. The first-order valence-electron chi connectivity index (χ1n) is 6.63. The molecule has 0 amide bonds. The van der Waals surface area contributed by atoms with Crippen LogP contribution >= 0.6 is 11.6 Å². The lowest BCUT2D eigenvalue weighted by atomic mass is 9.91. The summed E-state index contributed by atoms with van der Waals surface area (Å²) in [6, 6.07) is 5.77. The number of fused-ring (bicyclic) bond motifs is 1. The van der Waals surface area contributed by atoms with E-state index in [1.807, 2.05) is 6.07 Å². The number of benzene rings is 1. The first kappa shape index (κ1) is 12.4. The molecule has 1 aromatic carbocycles. The molecule has 4 heteroatoms. The zero-order valence-electron chi connectivity index (χ0n) is 10.3. The Hall–Kier alpha value is -0.640. The third kappa shape index (κ3) is 2.40. The maximum absolute atomic E-state index is 13.4. The Bertz CT molecular complexity index is 438. The average molecular weight is 269 g/mol. The molecule has 0 radical (unpaired) electrons. The van der Waals surface area contributed by atoms with E-state index in [-0.39, 0.29) is 10.8 Å². The van der Waals surface area contributed by atoms with E-state index < -0.39 is 0 Å². The van der Waals surface area contributed by atoms with Gasteiger partial charge >= 0.3 is 0 Å². The zero-order chi connectivity index (χ0) is 12.5. The van der Waals surface area contributed by atoms with Crippen molar-refractivity contribution >= 4 is 11.6 Å². The van der Waals surface area contributed by atoms with Crippen molar-refractivity contribution in [2.45, 2.75) is 25.4 Å². The van der Waals surface area contributed by atoms with Crippen LogP contribution in [-0.4, -0.2) is 30.6 Å². The minimum atomic E-state index is -0.313. The SMILES string of the molecule is Fc1cc(CN2CCCC3CNCC32)ccc1Cl. The van der Waals surface area contributed by atoms with Gasteiger partial charge in [0.15, 0.2) is 0 Å². The minimum Gasteiger partial charge on any atom is -0.315 e. The Balaban J connectivity index is 1.73. The van der Waals surface area contributed by atoms with Crippen LogP contribution in [0.2, 0.25) is 5.02 Å². The lowest BCUT2D eigenvalue weighted by molar-refractivity contribution is 0.117. The van der Waals surface area contributed by atoms with Crippen LogP contribution < -0.4 is 5.32 Å². The van der Waals surface area contributed by atoms with Crippen molar-refractivity contribution in [2.24, 2.45) is 5.92 Å². The first-order chi connectivity index (χ1) is 8.74. The summed E-state index contributed by atoms with van der Waals surface area (Å²) in [5.41, 5.74) is 1.02. The van der Waals surface area contributed by atoms with Gasteiger partial charge in [-0.25, -0.2) is 4.39 Å². The van der Waals surface area contributed by atoms with E-state index in [9.17, 15) is 4.39 Å². The van der Waals surface area contributed by atoms with Crippen molar-refractivity contribution in [2.75, 3.05) is 19.6 Å². The molecule has 0 aromatic heterocycles. The van der Waals surface area contributed by atoms with Gasteiger partial charge in [-0.3, -0.25) is 4.90 Å². The Morgan fingerprint density at radius 3 is 3.11 bits per heavy atom. The smallest absolute Gasteiger partial charge is 0.142 e. The second-order valence-electron chi connectivity index (χ2n) is 5.35. The number of rotatable bonds is 2. The Morgan fingerprint density at radius 1 is 1.39 bits per heavy atom. The van der Waals surface area contributed by atoms with E-state index in [0.717, 1.165) is 37.7 Å². The molecule has 2 atom stereocenters. The molecule has 0 bridgehead atoms. The van der Waals surface area contributed by atoms with Crippen LogP contribution in [0.25, 0.3) is 0 Å². The van der Waals surface area contributed by atoms with Crippen molar-refractivity contribution in [1.29, 1.82) is 0 Å². The first-order valence-corrected chi connectivity index (χ1v) is 7.00. The minimum absolute atomic E-state index is 0.206. The maximum Gasteiger partial charge on any atom is 0.142 e. The Labute approximate surface area is 112 Å². The number of nitrogens with zero attached hydrogens (tertiary/aromatic N) is 1. The summed E-state index contributed by atoms with van der Waals surface area (Å²) >= 11 is 5.71. The van der Waals surface area contributed by atoms with E-state index in [4.69, 9.17) is 11.6 Å². The number of likely N-dealkylation sites (tertiary alicyclic amines) is 1. The molecule has 0 saturated carbocycles. The van der Waals surface area contributed by atoms with Gasteiger partial charge in [-0.15, -0.1) is 0 Å².